The number of amides is 1. The van der Waals surface area contributed by atoms with Gasteiger partial charge in [0.2, 0.25) is 0 Å². The van der Waals surface area contributed by atoms with Crippen molar-refractivity contribution in [3.05, 3.63) is 73.8 Å². The van der Waals surface area contributed by atoms with Crippen molar-refractivity contribution in [2.75, 3.05) is 0 Å². The predicted molar refractivity (Wildman–Crippen MR) is 117 cm³/mol. The summed E-state index contributed by atoms with van der Waals surface area (Å²) in [6.45, 7) is 4.25. The molecule has 0 saturated heterocycles. The van der Waals surface area contributed by atoms with Gasteiger partial charge in [-0.25, -0.2) is 0 Å². The molecule has 136 valence electrons. The molecule has 0 atom stereocenters. The average molecular weight is 454 g/mol. The third-order valence-electron chi connectivity index (χ3n) is 3.93. The molecule has 0 aliphatic carbocycles. The minimum absolute atomic E-state index is 0.382. The number of benzene rings is 2. The first-order chi connectivity index (χ1) is 13.0. The fraction of sp³-hybridized carbons (Fsp3) is 0.0526. The Bertz CT molecular complexity index is 1280. The van der Waals surface area contributed by atoms with Crippen molar-refractivity contribution in [2.45, 2.75) is 6.54 Å². The normalized spacial score (nSPS) is 12.2. The Labute approximate surface area is 177 Å². The van der Waals surface area contributed by atoms with Crippen LogP contribution in [0.5, 0.6) is 0 Å². The van der Waals surface area contributed by atoms with E-state index < -0.39 is 0 Å². The molecule has 27 heavy (non-hydrogen) atoms. The van der Waals surface area contributed by atoms with Gasteiger partial charge < -0.3 is 4.57 Å². The number of thiazole rings is 1. The number of aromatic nitrogens is 1. The van der Waals surface area contributed by atoms with Gasteiger partial charge in [0, 0.05) is 21.7 Å². The third kappa shape index (κ3) is 3.35. The summed E-state index contributed by atoms with van der Waals surface area (Å²) in [4.78, 5) is 18.1. The molecule has 4 rings (SSSR count). The molecular weight excluding hydrogens is 443 g/mol. The molecule has 0 spiro atoms. The summed E-state index contributed by atoms with van der Waals surface area (Å²) in [5, 5.41) is 2.32. The van der Waals surface area contributed by atoms with Gasteiger partial charge in [-0.05, 0) is 18.2 Å². The van der Waals surface area contributed by atoms with Crippen molar-refractivity contribution in [1.29, 1.82) is 0 Å². The van der Waals surface area contributed by atoms with Gasteiger partial charge in [0.1, 0.15) is 4.88 Å². The van der Waals surface area contributed by atoms with Crippen LogP contribution in [0.4, 0.5) is 0 Å². The summed E-state index contributed by atoms with van der Waals surface area (Å²) in [6, 6.07) is 11.1. The maximum atomic E-state index is 12.9. The maximum Gasteiger partial charge on any atom is 0.291 e. The highest BCUT2D eigenvalue weighted by atomic mass is 35.5. The summed E-state index contributed by atoms with van der Waals surface area (Å²) in [6.07, 6.45) is 1.73. The number of allylic oxidation sites excluding steroid dienone is 1. The van der Waals surface area contributed by atoms with Crippen LogP contribution in [-0.4, -0.2) is 10.5 Å². The molecule has 3 nitrogen and oxygen atoms in total. The molecule has 0 unspecified atom stereocenters. The van der Waals surface area contributed by atoms with E-state index in [1.165, 1.54) is 22.7 Å². The van der Waals surface area contributed by atoms with Crippen molar-refractivity contribution < 1.29 is 4.79 Å². The van der Waals surface area contributed by atoms with Gasteiger partial charge in [-0.2, -0.15) is 4.99 Å². The van der Waals surface area contributed by atoms with Gasteiger partial charge in [-0.1, -0.05) is 70.4 Å². The summed E-state index contributed by atoms with van der Waals surface area (Å²) in [5.41, 5.74) is 0.778. The van der Waals surface area contributed by atoms with Gasteiger partial charge in [0.25, 0.3) is 5.91 Å². The van der Waals surface area contributed by atoms with Gasteiger partial charge in [0.05, 0.1) is 20.3 Å². The van der Waals surface area contributed by atoms with E-state index in [4.69, 9.17) is 34.8 Å². The molecule has 0 aliphatic heterocycles. The molecule has 2 aromatic heterocycles. The lowest BCUT2D eigenvalue weighted by Crippen LogP contribution is -2.16. The molecule has 2 heterocycles. The largest absolute Gasteiger partial charge is 0.311 e. The van der Waals surface area contributed by atoms with Crippen molar-refractivity contribution in [1.82, 2.24) is 4.57 Å². The SMILES string of the molecule is C=CCn1c(=NC(=O)c2sc3ccccc3c2Cl)sc2cc(Cl)cc(Cl)c21. The minimum atomic E-state index is -0.382. The number of halogens is 3. The summed E-state index contributed by atoms with van der Waals surface area (Å²) in [5.74, 6) is -0.382. The molecule has 0 N–H and O–H groups in total. The Morgan fingerprint density at radius 2 is 1.93 bits per heavy atom. The van der Waals surface area contributed by atoms with Gasteiger partial charge in [0.15, 0.2) is 4.80 Å². The Morgan fingerprint density at radius 1 is 1.15 bits per heavy atom. The Kier molecular flexibility index (Phi) is 5.14. The van der Waals surface area contributed by atoms with Crippen LogP contribution >= 0.6 is 57.5 Å². The van der Waals surface area contributed by atoms with E-state index in [0.29, 0.717) is 31.3 Å². The lowest BCUT2D eigenvalue weighted by atomic mass is 10.2. The molecule has 2 aromatic carbocycles. The molecule has 0 aliphatic rings. The number of thiophene rings is 1. The topological polar surface area (TPSA) is 34.4 Å². The Balaban J connectivity index is 1.92. The monoisotopic (exact) mass is 452 g/mol. The first kappa shape index (κ1) is 18.7. The fourth-order valence-electron chi connectivity index (χ4n) is 2.80. The van der Waals surface area contributed by atoms with E-state index in [2.05, 4.69) is 11.6 Å². The highest BCUT2D eigenvalue weighted by Gasteiger charge is 2.18. The van der Waals surface area contributed by atoms with Crippen LogP contribution in [0, 0.1) is 0 Å². The zero-order chi connectivity index (χ0) is 19.1. The van der Waals surface area contributed by atoms with Crippen LogP contribution in [0.25, 0.3) is 20.3 Å². The molecule has 0 radical (unpaired) electrons. The lowest BCUT2D eigenvalue weighted by Gasteiger charge is -2.03. The second kappa shape index (κ2) is 7.41. The van der Waals surface area contributed by atoms with E-state index >= 15 is 0 Å². The molecule has 8 heteroatoms. The van der Waals surface area contributed by atoms with Crippen LogP contribution in [0.1, 0.15) is 9.67 Å². The van der Waals surface area contributed by atoms with E-state index in [-0.39, 0.29) is 5.91 Å². The minimum Gasteiger partial charge on any atom is -0.311 e. The molecule has 4 aromatic rings. The number of carbonyl (C=O) groups excluding carboxylic acids is 1. The zero-order valence-electron chi connectivity index (χ0n) is 13.7. The number of fused-ring (bicyclic) bond motifs is 2. The molecule has 0 saturated carbocycles. The van der Waals surface area contributed by atoms with Gasteiger partial charge >= 0.3 is 0 Å². The second-order valence-electron chi connectivity index (χ2n) is 5.68. The second-order valence-corrected chi connectivity index (χ2v) is 8.96. The number of nitrogens with zero attached hydrogens (tertiary/aromatic N) is 2. The quantitative estimate of drug-likeness (QED) is 0.314. The molecule has 1 amide bonds. The zero-order valence-corrected chi connectivity index (χ0v) is 17.6. The van der Waals surface area contributed by atoms with E-state index in [9.17, 15) is 4.79 Å². The summed E-state index contributed by atoms with van der Waals surface area (Å²) >= 11 is 21.6. The maximum absolute atomic E-state index is 12.9. The number of carbonyl (C=O) groups is 1. The van der Waals surface area contributed by atoms with Gasteiger partial charge in [-0.15, -0.1) is 17.9 Å². The van der Waals surface area contributed by atoms with Crippen molar-refractivity contribution in [2.24, 2.45) is 4.99 Å². The highest BCUT2D eigenvalue weighted by Crippen LogP contribution is 2.35. The first-order valence-electron chi connectivity index (χ1n) is 7.85. The van der Waals surface area contributed by atoms with Gasteiger partial charge in [-0.3, -0.25) is 4.79 Å². The summed E-state index contributed by atoms with van der Waals surface area (Å²) in [7, 11) is 0. The lowest BCUT2D eigenvalue weighted by molar-refractivity contribution is 0.100. The first-order valence-corrected chi connectivity index (χ1v) is 10.6. The smallest absolute Gasteiger partial charge is 0.291 e. The van der Waals surface area contributed by atoms with E-state index in [1.807, 2.05) is 34.9 Å². The molecular formula is C19H11Cl3N2OS2. The Morgan fingerprint density at radius 3 is 2.67 bits per heavy atom. The fourth-order valence-corrected chi connectivity index (χ4v) is 6.02. The molecule has 0 bridgehead atoms. The highest BCUT2D eigenvalue weighted by molar-refractivity contribution is 7.21. The van der Waals surface area contributed by atoms with Crippen LogP contribution in [-0.2, 0) is 6.54 Å². The Hall–Kier alpha value is -1.63. The molecule has 0 fully saturated rings. The summed E-state index contributed by atoms with van der Waals surface area (Å²) < 4.78 is 3.65. The van der Waals surface area contributed by atoms with Crippen LogP contribution in [0.15, 0.2) is 54.0 Å². The van der Waals surface area contributed by atoms with Crippen LogP contribution in [0.2, 0.25) is 15.1 Å². The van der Waals surface area contributed by atoms with E-state index in [0.717, 1.165) is 20.3 Å². The van der Waals surface area contributed by atoms with Crippen molar-refractivity contribution in [3.8, 4) is 0 Å². The third-order valence-corrected chi connectivity index (χ3v) is 7.13. The predicted octanol–water partition coefficient (Wildman–Crippen LogP) is 6.80. The standard InChI is InChI=1S/C19H11Cl3N2OS2/c1-2-7-24-16-12(21)8-10(20)9-14(16)27-19(24)23-18(25)17-15(22)11-5-3-4-6-13(11)26-17/h2-6,8-9H,1,7H2. The average Bonchev–Trinajstić information content (AvgIpc) is 3.14. The number of hydrogen-bond acceptors (Lipinski definition) is 3. The van der Waals surface area contributed by atoms with Crippen LogP contribution in [0.3, 0.4) is 0 Å². The van der Waals surface area contributed by atoms with Crippen molar-refractivity contribution >= 4 is 83.7 Å². The number of rotatable bonds is 3. The van der Waals surface area contributed by atoms with E-state index in [1.54, 1.807) is 12.1 Å². The van der Waals surface area contributed by atoms with Crippen LogP contribution < -0.4 is 4.80 Å². The van der Waals surface area contributed by atoms with Crippen molar-refractivity contribution in [3.63, 3.8) is 0 Å². The number of hydrogen-bond donors (Lipinski definition) is 0.